The van der Waals surface area contributed by atoms with Crippen molar-refractivity contribution in [1.82, 2.24) is 4.90 Å². The fraction of sp³-hybridized carbons (Fsp3) is 1.00. The average Bonchev–Trinajstić information content (AvgIpc) is 2.09. The predicted molar refractivity (Wildman–Crippen MR) is 42.0 cm³/mol. The summed E-state index contributed by atoms with van der Waals surface area (Å²) in [6.45, 7) is 0.838. The summed E-state index contributed by atoms with van der Waals surface area (Å²) in [5, 5.41) is 0. The van der Waals surface area contributed by atoms with E-state index in [1.165, 1.54) is 0 Å². The van der Waals surface area contributed by atoms with Crippen LogP contribution in [0.5, 0.6) is 0 Å². The molecule has 1 nitrogen and oxygen atoms in total. The topological polar surface area (TPSA) is 3.24 Å². The zero-order valence-electron chi connectivity index (χ0n) is 6.44. The Hall–Kier alpha value is 0.170. The Bertz CT molecular complexity index is 181. The maximum Gasteiger partial charge on any atom is 0.263 e. The average molecular weight is 179 g/mol. The minimum absolute atomic E-state index is 0.0200. The molecule has 0 aliphatic carbocycles. The van der Waals surface area contributed by atoms with Crippen molar-refractivity contribution in [2.24, 2.45) is 0 Å². The molecule has 0 spiro atoms. The lowest BCUT2D eigenvalue weighted by molar-refractivity contribution is 0.0132. The molecule has 0 N–H and O–H groups in total. The number of alkyl halides is 2. The highest BCUT2D eigenvalue weighted by Gasteiger charge is 2.58. The molecular formula is C7H11F2NS. The Morgan fingerprint density at radius 3 is 2.45 bits per heavy atom. The number of hydrogen-bond donors (Lipinski definition) is 0. The Morgan fingerprint density at radius 1 is 1.45 bits per heavy atom. The number of hydrogen-bond acceptors (Lipinski definition) is 2. The van der Waals surface area contributed by atoms with Crippen molar-refractivity contribution in [3.63, 3.8) is 0 Å². The zero-order chi connectivity index (χ0) is 8.11. The standard InChI is InChI=1S/C7H11F2NS/c1-11-7-2-3-10(7)5-6(8,9)4-7/h2-5H2,1H3. The molecule has 2 aliphatic heterocycles. The van der Waals surface area contributed by atoms with Crippen LogP contribution in [0.1, 0.15) is 12.8 Å². The van der Waals surface area contributed by atoms with E-state index in [-0.39, 0.29) is 17.8 Å². The molecular weight excluding hydrogens is 168 g/mol. The quantitative estimate of drug-likeness (QED) is 0.603. The molecule has 0 bridgehead atoms. The van der Waals surface area contributed by atoms with Gasteiger partial charge in [0.25, 0.3) is 5.92 Å². The van der Waals surface area contributed by atoms with Gasteiger partial charge in [0.2, 0.25) is 0 Å². The van der Waals surface area contributed by atoms with Gasteiger partial charge in [-0.25, -0.2) is 8.78 Å². The van der Waals surface area contributed by atoms with E-state index in [9.17, 15) is 8.78 Å². The minimum atomic E-state index is -2.43. The molecule has 2 aliphatic rings. The highest BCUT2D eigenvalue weighted by Crippen LogP contribution is 2.52. The monoisotopic (exact) mass is 179 g/mol. The first-order chi connectivity index (χ1) is 5.08. The van der Waals surface area contributed by atoms with Crippen molar-refractivity contribution >= 4 is 11.8 Å². The second-order valence-corrected chi connectivity index (χ2v) is 4.52. The summed E-state index contributed by atoms with van der Waals surface area (Å²) in [5.41, 5.74) is 0. The fourth-order valence-electron chi connectivity index (χ4n) is 1.99. The number of fused-ring (bicyclic) bond motifs is 1. The lowest BCUT2D eigenvalue weighted by Gasteiger charge is -2.46. The minimum Gasteiger partial charge on any atom is -0.283 e. The van der Waals surface area contributed by atoms with Gasteiger partial charge >= 0.3 is 0 Å². The van der Waals surface area contributed by atoms with E-state index in [1.807, 2.05) is 11.2 Å². The normalized spacial score (nSPS) is 41.7. The van der Waals surface area contributed by atoms with Crippen LogP contribution in [0.25, 0.3) is 0 Å². The van der Waals surface area contributed by atoms with Gasteiger partial charge < -0.3 is 0 Å². The molecule has 0 aromatic heterocycles. The van der Waals surface area contributed by atoms with Crippen LogP contribution < -0.4 is 0 Å². The summed E-state index contributed by atoms with van der Waals surface area (Å²) in [6, 6.07) is 0. The summed E-state index contributed by atoms with van der Waals surface area (Å²) in [6.07, 6.45) is 2.92. The molecule has 4 heteroatoms. The molecule has 1 atom stereocenters. The van der Waals surface area contributed by atoms with Crippen LogP contribution in [0.2, 0.25) is 0 Å². The van der Waals surface area contributed by atoms with E-state index in [2.05, 4.69) is 0 Å². The second-order valence-electron chi connectivity index (χ2n) is 3.35. The fourth-order valence-corrected chi connectivity index (χ4v) is 3.05. The Labute approximate surface area is 69.1 Å². The summed E-state index contributed by atoms with van der Waals surface area (Å²) in [7, 11) is 0. The van der Waals surface area contributed by atoms with Crippen LogP contribution in [0.3, 0.4) is 0 Å². The van der Waals surface area contributed by atoms with Crippen LogP contribution in [0, 0.1) is 0 Å². The lowest BCUT2D eigenvalue weighted by atomic mass is 10.0. The van der Waals surface area contributed by atoms with Gasteiger partial charge in [-0.1, -0.05) is 0 Å². The predicted octanol–water partition coefficient (Wildman–Crippen LogP) is 1.79. The molecule has 1 unspecified atom stereocenters. The van der Waals surface area contributed by atoms with Crippen molar-refractivity contribution in [1.29, 1.82) is 0 Å². The van der Waals surface area contributed by atoms with Gasteiger partial charge in [-0.3, -0.25) is 4.90 Å². The Morgan fingerprint density at radius 2 is 2.18 bits per heavy atom. The van der Waals surface area contributed by atoms with Crippen molar-refractivity contribution < 1.29 is 8.78 Å². The van der Waals surface area contributed by atoms with E-state index in [1.54, 1.807) is 11.8 Å². The highest BCUT2D eigenvalue weighted by atomic mass is 32.2. The molecule has 0 aromatic carbocycles. The van der Waals surface area contributed by atoms with E-state index in [0.29, 0.717) is 0 Å². The maximum atomic E-state index is 12.9. The third-order valence-corrected chi connectivity index (χ3v) is 4.05. The number of rotatable bonds is 1. The maximum absolute atomic E-state index is 12.9. The van der Waals surface area contributed by atoms with Gasteiger partial charge in [0.05, 0.1) is 11.4 Å². The third-order valence-electron chi connectivity index (χ3n) is 2.69. The van der Waals surface area contributed by atoms with Gasteiger partial charge in [0.1, 0.15) is 0 Å². The van der Waals surface area contributed by atoms with Gasteiger partial charge in [0, 0.05) is 13.0 Å². The van der Waals surface area contributed by atoms with Crippen molar-refractivity contribution in [2.75, 3.05) is 19.3 Å². The molecule has 0 saturated carbocycles. The summed E-state index contributed by atoms with van der Waals surface area (Å²) < 4.78 is 25.7. The van der Waals surface area contributed by atoms with E-state index >= 15 is 0 Å². The molecule has 2 saturated heterocycles. The molecule has 2 heterocycles. The van der Waals surface area contributed by atoms with Crippen LogP contribution in [0.4, 0.5) is 8.78 Å². The first-order valence-corrected chi connectivity index (χ1v) is 4.99. The number of nitrogens with zero attached hydrogens (tertiary/aromatic N) is 1. The molecule has 11 heavy (non-hydrogen) atoms. The summed E-state index contributed by atoms with van der Waals surface area (Å²) in [4.78, 5) is 1.71. The molecule has 2 fully saturated rings. The third kappa shape index (κ3) is 0.991. The zero-order valence-corrected chi connectivity index (χ0v) is 7.26. The Kier molecular flexibility index (Phi) is 1.49. The van der Waals surface area contributed by atoms with E-state index in [0.717, 1.165) is 13.0 Å². The molecule has 64 valence electrons. The summed E-state index contributed by atoms with van der Waals surface area (Å²) in [5.74, 6) is -2.43. The summed E-state index contributed by atoms with van der Waals surface area (Å²) >= 11 is 1.58. The number of halogens is 2. The lowest BCUT2D eigenvalue weighted by Crippen LogP contribution is -2.52. The smallest absolute Gasteiger partial charge is 0.263 e. The number of thioether (sulfide) groups is 1. The van der Waals surface area contributed by atoms with Gasteiger partial charge in [-0.05, 0) is 12.7 Å². The van der Waals surface area contributed by atoms with Crippen molar-refractivity contribution in [3.8, 4) is 0 Å². The molecule has 0 amide bonds. The van der Waals surface area contributed by atoms with Gasteiger partial charge in [0.15, 0.2) is 0 Å². The van der Waals surface area contributed by atoms with Crippen LogP contribution >= 0.6 is 11.8 Å². The largest absolute Gasteiger partial charge is 0.283 e. The Balaban J connectivity index is 2.15. The first kappa shape index (κ1) is 7.80. The van der Waals surface area contributed by atoms with Gasteiger partial charge in [-0.2, -0.15) is 0 Å². The van der Waals surface area contributed by atoms with Gasteiger partial charge in [-0.15, -0.1) is 11.8 Å². The SMILES string of the molecule is CSC12CCN1CC(F)(F)C2. The van der Waals surface area contributed by atoms with Crippen molar-refractivity contribution in [3.05, 3.63) is 0 Å². The van der Waals surface area contributed by atoms with Crippen LogP contribution in [-0.4, -0.2) is 35.0 Å². The van der Waals surface area contributed by atoms with E-state index < -0.39 is 5.92 Å². The van der Waals surface area contributed by atoms with E-state index in [4.69, 9.17) is 0 Å². The molecule has 0 radical (unpaired) electrons. The molecule has 0 aromatic rings. The van der Waals surface area contributed by atoms with Crippen LogP contribution in [-0.2, 0) is 0 Å². The molecule has 2 rings (SSSR count). The van der Waals surface area contributed by atoms with Crippen molar-refractivity contribution in [2.45, 2.75) is 23.6 Å². The second kappa shape index (κ2) is 2.10. The highest BCUT2D eigenvalue weighted by molar-refractivity contribution is 8.00. The first-order valence-electron chi connectivity index (χ1n) is 3.76. The van der Waals surface area contributed by atoms with Crippen LogP contribution in [0.15, 0.2) is 0 Å².